The maximum atomic E-state index is 11.2. The Morgan fingerprint density at radius 1 is 1.05 bits per heavy atom. The van der Waals surface area contributed by atoms with Crippen molar-refractivity contribution in [2.45, 2.75) is 51.4 Å². The number of aliphatic hydroxyl groups is 1. The average Bonchev–Trinajstić information content (AvgIpc) is 2.35. The van der Waals surface area contributed by atoms with Gasteiger partial charge in [-0.3, -0.25) is 14.4 Å². The molecular formula is C12H19NO8. The molecule has 0 aromatic carbocycles. The number of carbonyl (C=O) groups excluding carboxylic acids is 3. The highest BCUT2D eigenvalue weighted by molar-refractivity contribution is 5.67. The maximum Gasteiger partial charge on any atom is 0.303 e. The van der Waals surface area contributed by atoms with Crippen molar-refractivity contribution in [1.82, 2.24) is 0 Å². The Bertz CT molecular complexity index is 412. The van der Waals surface area contributed by atoms with Gasteiger partial charge in [0.15, 0.2) is 18.5 Å². The van der Waals surface area contributed by atoms with Crippen LogP contribution in [0.1, 0.15) is 20.8 Å². The van der Waals surface area contributed by atoms with E-state index in [2.05, 4.69) is 0 Å². The van der Waals surface area contributed by atoms with Gasteiger partial charge in [-0.2, -0.15) is 0 Å². The molecule has 21 heavy (non-hydrogen) atoms. The number of hydrogen-bond acceptors (Lipinski definition) is 9. The highest BCUT2D eigenvalue weighted by atomic mass is 16.7. The largest absolute Gasteiger partial charge is 0.463 e. The molecule has 0 saturated carbocycles. The van der Waals surface area contributed by atoms with Crippen LogP contribution in [0.15, 0.2) is 0 Å². The fourth-order valence-corrected chi connectivity index (χ4v) is 1.95. The quantitative estimate of drug-likeness (QED) is 0.468. The summed E-state index contributed by atoms with van der Waals surface area (Å²) in [5.74, 6) is -1.89. The van der Waals surface area contributed by atoms with Gasteiger partial charge in [0.05, 0.1) is 6.04 Å². The highest BCUT2D eigenvalue weighted by Crippen LogP contribution is 2.24. The zero-order valence-electron chi connectivity index (χ0n) is 12.0. The number of carbonyl (C=O) groups is 3. The predicted molar refractivity (Wildman–Crippen MR) is 66.6 cm³/mol. The van der Waals surface area contributed by atoms with Gasteiger partial charge in [0, 0.05) is 20.8 Å². The average molecular weight is 305 g/mol. The molecule has 0 radical (unpaired) electrons. The van der Waals surface area contributed by atoms with E-state index in [1.165, 1.54) is 6.92 Å². The monoisotopic (exact) mass is 305 g/mol. The molecule has 0 amide bonds. The molecule has 1 aliphatic heterocycles. The smallest absolute Gasteiger partial charge is 0.303 e. The lowest BCUT2D eigenvalue weighted by molar-refractivity contribution is -0.260. The van der Waals surface area contributed by atoms with Gasteiger partial charge in [-0.25, -0.2) is 0 Å². The molecule has 0 aromatic rings. The lowest BCUT2D eigenvalue weighted by Crippen LogP contribution is -2.64. The van der Waals surface area contributed by atoms with E-state index in [4.69, 9.17) is 24.7 Å². The van der Waals surface area contributed by atoms with E-state index in [0.29, 0.717) is 0 Å². The summed E-state index contributed by atoms with van der Waals surface area (Å²) in [6, 6.07) is -1.10. The molecule has 1 rings (SSSR count). The van der Waals surface area contributed by atoms with Crippen LogP contribution in [-0.4, -0.2) is 60.3 Å². The molecule has 9 heteroatoms. The van der Waals surface area contributed by atoms with Crippen LogP contribution in [0.2, 0.25) is 0 Å². The molecule has 0 aromatic heterocycles. The van der Waals surface area contributed by atoms with Crippen molar-refractivity contribution in [3.63, 3.8) is 0 Å². The number of nitrogens with two attached hydrogens (primary N) is 1. The summed E-state index contributed by atoms with van der Waals surface area (Å²) in [5.41, 5.74) is 5.70. The first kappa shape index (κ1) is 17.3. The summed E-state index contributed by atoms with van der Waals surface area (Å²) in [4.78, 5) is 33.2. The van der Waals surface area contributed by atoms with Crippen LogP contribution in [0.4, 0.5) is 0 Å². The van der Waals surface area contributed by atoms with Gasteiger partial charge in [-0.15, -0.1) is 0 Å². The second-order valence-electron chi connectivity index (χ2n) is 4.59. The van der Waals surface area contributed by atoms with E-state index in [0.717, 1.165) is 13.8 Å². The lowest BCUT2D eigenvalue weighted by atomic mass is 9.97. The Labute approximate surface area is 121 Å². The summed E-state index contributed by atoms with van der Waals surface area (Å²) >= 11 is 0. The first-order chi connectivity index (χ1) is 9.72. The first-order valence-corrected chi connectivity index (χ1v) is 6.29. The van der Waals surface area contributed by atoms with E-state index >= 15 is 0 Å². The second-order valence-corrected chi connectivity index (χ2v) is 4.59. The molecule has 120 valence electrons. The van der Waals surface area contributed by atoms with Gasteiger partial charge in [-0.1, -0.05) is 0 Å². The summed E-state index contributed by atoms with van der Waals surface area (Å²) < 4.78 is 20.0. The van der Waals surface area contributed by atoms with Gasteiger partial charge in [0.2, 0.25) is 0 Å². The van der Waals surface area contributed by atoms with Gasteiger partial charge in [0.25, 0.3) is 0 Å². The standard InChI is InChI=1S/C12H19NO8/c1-5(14)18-4-8-10(19-6(2)15)11(20-7(3)16)9(13)12(17)21-8/h8-12,17H,4,13H2,1-3H3/t8?,9?,10-,11-,12+/m1/s1. The van der Waals surface area contributed by atoms with Gasteiger partial charge in [0.1, 0.15) is 12.7 Å². The highest BCUT2D eigenvalue weighted by Gasteiger charge is 2.48. The maximum absolute atomic E-state index is 11.2. The number of hydrogen-bond donors (Lipinski definition) is 2. The van der Waals surface area contributed by atoms with E-state index in [1.54, 1.807) is 0 Å². The van der Waals surface area contributed by atoms with Gasteiger partial charge < -0.3 is 29.8 Å². The van der Waals surface area contributed by atoms with Crippen molar-refractivity contribution in [3.8, 4) is 0 Å². The van der Waals surface area contributed by atoms with Crippen molar-refractivity contribution in [2.75, 3.05) is 6.61 Å². The van der Waals surface area contributed by atoms with Crippen LogP contribution >= 0.6 is 0 Å². The van der Waals surface area contributed by atoms with E-state index < -0.39 is 48.6 Å². The zero-order chi connectivity index (χ0) is 16.2. The van der Waals surface area contributed by atoms with Crippen molar-refractivity contribution >= 4 is 17.9 Å². The Balaban J connectivity index is 2.94. The summed E-state index contributed by atoms with van der Waals surface area (Å²) in [7, 11) is 0. The molecule has 1 saturated heterocycles. The van der Waals surface area contributed by atoms with Gasteiger partial charge >= 0.3 is 17.9 Å². The fraction of sp³-hybridized carbons (Fsp3) is 0.750. The topological polar surface area (TPSA) is 134 Å². The van der Waals surface area contributed by atoms with Crippen LogP contribution in [0, 0.1) is 0 Å². The Morgan fingerprint density at radius 2 is 1.57 bits per heavy atom. The molecule has 3 N–H and O–H groups in total. The molecule has 1 aliphatic rings. The summed E-state index contributed by atoms with van der Waals surface area (Å²) in [6.07, 6.45) is -4.67. The minimum atomic E-state index is -1.46. The molecule has 2 unspecified atom stereocenters. The third-order valence-corrected chi connectivity index (χ3v) is 2.77. The van der Waals surface area contributed by atoms with Crippen molar-refractivity contribution in [3.05, 3.63) is 0 Å². The second kappa shape index (κ2) is 7.34. The van der Waals surface area contributed by atoms with E-state index in [1.807, 2.05) is 0 Å². The van der Waals surface area contributed by atoms with Gasteiger partial charge in [-0.05, 0) is 0 Å². The molecule has 5 atom stereocenters. The summed E-state index contributed by atoms with van der Waals surface area (Å²) in [5, 5.41) is 9.73. The predicted octanol–water partition coefficient (Wildman–Crippen LogP) is -1.54. The molecule has 1 heterocycles. The number of aliphatic hydroxyl groups excluding tert-OH is 1. The molecule has 0 spiro atoms. The molecule has 0 aliphatic carbocycles. The van der Waals surface area contributed by atoms with Crippen LogP contribution < -0.4 is 5.73 Å². The SMILES string of the molecule is CC(=O)OCC1O[C@H](O)C(N)[C@@H](OC(C)=O)[C@@H]1OC(C)=O. The van der Waals surface area contributed by atoms with Crippen LogP contribution in [0.5, 0.6) is 0 Å². The van der Waals surface area contributed by atoms with Crippen molar-refractivity contribution < 1.29 is 38.4 Å². The van der Waals surface area contributed by atoms with Crippen molar-refractivity contribution in [1.29, 1.82) is 0 Å². The first-order valence-electron chi connectivity index (χ1n) is 6.29. The van der Waals surface area contributed by atoms with Crippen molar-refractivity contribution in [2.24, 2.45) is 5.73 Å². The number of ether oxygens (including phenoxy) is 4. The minimum Gasteiger partial charge on any atom is -0.463 e. The van der Waals surface area contributed by atoms with Crippen LogP contribution in [0.25, 0.3) is 0 Å². The fourth-order valence-electron chi connectivity index (χ4n) is 1.95. The van der Waals surface area contributed by atoms with Crippen LogP contribution in [-0.2, 0) is 33.3 Å². The normalized spacial score (nSPS) is 32.1. The third-order valence-electron chi connectivity index (χ3n) is 2.77. The van der Waals surface area contributed by atoms with E-state index in [9.17, 15) is 19.5 Å². The third kappa shape index (κ3) is 4.96. The Morgan fingerprint density at radius 3 is 2.05 bits per heavy atom. The molecule has 1 fully saturated rings. The summed E-state index contributed by atoms with van der Waals surface area (Å²) in [6.45, 7) is 3.22. The molecular weight excluding hydrogens is 286 g/mol. The number of rotatable bonds is 4. The minimum absolute atomic E-state index is 0.283. The van der Waals surface area contributed by atoms with Crippen LogP contribution in [0.3, 0.4) is 0 Å². The Hall–Kier alpha value is -1.71. The van der Waals surface area contributed by atoms with E-state index in [-0.39, 0.29) is 6.61 Å². The molecule has 9 nitrogen and oxygen atoms in total. The Kier molecular flexibility index (Phi) is 6.06. The molecule has 0 bridgehead atoms. The number of esters is 3. The zero-order valence-corrected chi connectivity index (χ0v) is 12.0. The lowest BCUT2D eigenvalue weighted by Gasteiger charge is -2.41.